The van der Waals surface area contributed by atoms with Gasteiger partial charge in [0.2, 0.25) is 0 Å². The average molecular weight is 273 g/mol. The van der Waals surface area contributed by atoms with Gasteiger partial charge in [-0.1, -0.05) is 13.8 Å². The lowest BCUT2D eigenvalue weighted by Gasteiger charge is -2.12. The second-order valence-corrected chi connectivity index (χ2v) is 4.83. The lowest BCUT2D eigenvalue weighted by molar-refractivity contribution is 0.660. The van der Waals surface area contributed by atoms with E-state index in [1.807, 2.05) is 17.1 Å². The molecule has 0 bridgehead atoms. The summed E-state index contributed by atoms with van der Waals surface area (Å²) in [5.41, 5.74) is 3.21. The highest BCUT2D eigenvalue weighted by Crippen LogP contribution is 2.22. The molecule has 2 heterocycles. The van der Waals surface area contributed by atoms with E-state index in [0.29, 0.717) is 0 Å². The second kappa shape index (κ2) is 6.50. The maximum atomic E-state index is 4.67. The Morgan fingerprint density at radius 3 is 2.60 bits per heavy atom. The van der Waals surface area contributed by atoms with E-state index in [1.165, 1.54) is 0 Å². The Hall–Kier alpha value is -1.91. The zero-order chi connectivity index (χ0) is 14.5. The van der Waals surface area contributed by atoms with Crippen LogP contribution in [0.1, 0.15) is 38.4 Å². The molecule has 0 aliphatic rings. The summed E-state index contributed by atoms with van der Waals surface area (Å²) in [7, 11) is 0. The SMILES string of the molecule is CCCNc1nc(-c2cnn(CC)c2)nc(CC)c1C. The Kier molecular flexibility index (Phi) is 4.71. The minimum absolute atomic E-state index is 0.755. The van der Waals surface area contributed by atoms with Crippen molar-refractivity contribution in [2.45, 2.75) is 47.1 Å². The van der Waals surface area contributed by atoms with Gasteiger partial charge >= 0.3 is 0 Å². The molecule has 0 unspecified atom stereocenters. The van der Waals surface area contributed by atoms with Crippen molar-refractivity contribution in [1.82, 2.24) is 19.7 Å². The fourth-order valence-electron chi connectivity index (χ4n) is 2.10. The van der Waals surface area contributed by atoms with Crippen molar-refractivity contribution >= 4 is 5.82 Å². The minimum Gasteiger partial charge on any atom is -0.370 e. The van der Waals surface area contributed by atoms with Gasteiger partial charge in [0.1, 0.15) is 5.82 Å². The first-order chi connectivity index (χ1) is 9.69. The Labute approximate surface area is 120 Å². The van der Waals surface area contributed by atoms with Gasteiger partial charge in [-0.3, -0.25) is 4.68 Å². The van der Waals surface area contributed by atoms with Gasteiger partial charge < -0.3 is 5.32 Å². The number of rotatable bonds is 6. The summed E-state index contributed by atoms with van der Waals surface area (Å²) in [6, 6.07) is 0. The number of aromatic nitrogens is 4. The summed E-state index contributed by atoms with van der Waals surface area (Å²) in [5.74, 6) is 1.70. The number of aryl methyl sites for hydroxylation is 2. The fraction of sp³-hybridized carbons (Fsp3) is 0.533. The van der Waals surface area contributed by atoms with Crippen molar-refractivity contribution in [2.75, 3.05) is 11.9 Å². The molecule has 0 atom stereocenters. The summed E-state index contributed by atoms with van der Waals surface area (Å²) in [6.07, 6.45) is 5.81. The molecule has 0 fully saturated rings. The monoisotopic (exact) mass is 273 g/mol. The summed E-state index contributed by atoms with van der Waals surface area (Å²) >= 11 is 0. The number of anilines is 1. The molecule has 1 N–H and O–H groups in total. The summed E-state index contributed by atoms with van der Waals surface area (Å²) < 4.78 is 1.89. The van der Waals surface area contributed by atoms with Crippen LogP contribution in [0.4, 0.5) is 5.82 Å². The third-order valence-electron chi connectivity index (χ3n) is 3.34. The molecule has 0 amide bonds. The van der Waals surface area contributed by atoms with Crippen LogP contribution in [0.25, 0.3) is 11.4 Å². The van der Waals surface area contributed by atoms with Gasteiger partial charge in [-0.15, -0.1) is 0 Å². The van der Waals surface area contributed by atoms with E-state index in [0.717, 1.165) is 54.4 Å². The Morgan fingerprint density at radius 2 is 2.00 bits per heavy atom. The maximum Gasteiger partial charge on any atom is 0.164 e. The minimum atomic E-state index is 0.755. The van der Waals surface area contributed by atoms with Crippen LogP contribution >= 0.6 is 0 Å². The standard InChI is InChI=1S/C15H23N5/c1-5-8-16-14-11(4)13(6-2)18-15(19-14)12-9-17-20(7-3)10-12/h9-10H,5-8H2,1-4H3,(H,16,18,19). The van der Waals surface area contributed by atoms with Gasteiger partial charge in [-0.2, -0.15) is 5.10 Å². The molecule has 0 aromatic carbocycles. The first-order valence-corrected chi connectivity index (χ1v) is 7.33. The molecule has 5 heteroatoms. The van der Waals surface area contributed by atoms with Crippen LogP contribution in [0.3, 0.4) is 0 Å². The summed E-state index contributed by atoms with van der Waals surface area (Å²) in [4.78, 5) is 9.33. The molecule has 0 spiro atoms. The summed E-state index contributed by atoms with van der Waals surface area (Å²) in [6.45, 7) is 10.2. The summed E-state index contributed by atoms with van der Waals surface area (Å²) in [5, 5.41) is 7.69. The normalized spacial score (nSPS) is 10.8. The van der Waals surface area contributed by atoms with Crippen LogP contribution < -0.4 is 5.32 Å². The molecule has 0 aliphatic carbocycles. The second-order valence-electron chi connectivity index (χ2n) is 4.83. The van der Waals surface area contributed by atoms with E-state index in [9.17, 15) is 0 Å². The number of nitrogens with one attached hydrogen (secondary N) is 1. The largest absolute Gasteiger partial charge is 0.370 e. The van der Waals surface area contributed by atoms with Crippen molar-refractivity contribution in [3.63, 3.8) is 0 Å². The molecule has 0 radical (unpaired) electrons. The molecule has 20 heavy (non-hydrogen) atoms. The molecule has 0 aliphatic heterocycles. The first-order valence-electron chi connectivity index (χ1n) is 7.33. The van der Waals surface area contributed by atoms with Crippen LogP contribution in [-0.4, -0.2) is 26.3 Å². The smallest absolute Gasteiger partial charge is 0.164 e. The first kappa shape index (κ1) is 14.5. The molecule has 2 aromatic heterocycles. The van der Waals surface area contributed by atoms with Crippen LogP contribution in [0.15, 0.2) is 12.4 Å². The Bertz CT molecular complexity index is 574. The maximum absolute atomic E-state index is 4.67. The van der Waals surface area contributed by atoms with Gasteiger partial charge in [-0.05, 0) is 26.7 Å². The highest BCUT2D eigenvalue weighted by atomic mass is 15.3. The van der Waals surface area contributed by atoms with E-state index in [4.69, 9.17) is 0 Å². The molecule has 2 rings (SSSR count). The van der Waals surface area contributed by atoms with Crippen LogP contribution in [0.5, 0.6) is 0 Å². The van der Waals surface area contributed by atoms with E-state index < -0.39 is 0 Å². The van der Waals surface area contributed by atoms with Crippen molar-refractivity contribution in [3.8, 4) is 11.4 Å². The molecule has 0 saturated carbocycles. The van der Waals surface area contributed by atoms with Gasteiger partial charge in [-0.25, -0.2) is 9.97 Å². The number of hydrogen-bond acceptors (Lipinski definition) is 4. The van der Waals surface area contributed by atoms with Gasteiger partial charge in [0.25, 0.3) is 0 Å². The average Bonchev–Trinajstić information content (AvgIpc) is 2.95. The highest BCUT2D eigenvalue weighted by molar-refractivity contribution is 5.58. The third kappa shape index (κ3) is 2.98. The van der Waals surface area contributed by atoms with Crippen LogP contribution in [0.2, 0.25) is 0 Å². The molecule has 108 valence electrons. The van der Waals surface area contributed by atoms with Crippen LogP contribution in [0, 0.1) is 6.92 Å². The van der Waals surface area contributed by atoms with E-state index in [2.05, 4.69) is 48.1 Å². The van der Waals surface area contributed by atoms with Crippen molar-refractivity contribution in [1.29, 1.82) is 0 Å². The Balaban J connectivity index is 2.42. The lowest BCUT2D eigenvalue weighted by atomic mass is 10.1. The molecule has 5 nitrogen and oxygen atoms in total. The quantitative estimate of drug-likeness (QED) is 0.879. The molecule has 2 aromatic rings. The number of hydrogen-bond donors (Lipinski definition) is 1. The molecular formula is C15H23N5. The predicted molar refractivity (Wildman–Crippen MR) is 81.8 cm³/mol. The van der Waals surface area contributed by atoms with Gasteiger partial charge in [0, 0.05) is 30.5 Å². The zero-order valence-electron chi connectivity index (χ0n) is 12.8. The van der Waals surface area contributed by atoms with Gasteiger partial charge in [0.05, 0.1) is 11.8 Å². The topological polar surface area (TPSA) is 55.6 Å². The molecule has 0 saturated heterocycles. The molecular weight excluding hydrogens is 250 g/mol. The van der Waals surface area contributed by atoms with E-state index >= 15 is 0 Å². The fourth-order valence-corrected chi connectivity index (χ4v) is 2.10. The van der Waals surface area contributed by atoms with Crippen LogP contribution in [-0.2, 0) is 13.0 Å². The van der Waals surface area contributed by atoms with E-state index in [1.54, 1.807) is 0 Å². The zero-order valence-corrected chi connectivity index (χ0v) is 12.8. The van der Waals surface area contributed by atoms with Gasteiger partial charge in [0.15, 0.2) is 5.82 Å². The van der Waals surface area contributed by atoms with Crippen molar-refractivity contribution in [2.24, 2.45) is 0 Å². The lowest BCUT2D eigenvalue weighted by Crippen LogP contribution is -2.08. The third-order valence-corrected chi connectivity index (χ3v) is 3.34. The van der Waals surface area contributed by atoms with Crippen molar-refractivity contribution in [3.05, 3.63) is 23.7 Å². The number of nitrogens with zero attached hydrogens (tertiary/aromatic N) is 4. The van der Waals surface area contributed by atoms with Crippen molar-refractivity contribution < 1.29 is 0 Å². The van der Waals surface area contributed by atoms with E-state index in [-0.39, 0.29) is 0 Å². The predicted octanol–water partition coefficient (Wildman–Crippen LogP) is 3.05. The Morgan fingerprint density at radius 1 is 1.20 bits per heavy atom. The highest BCUT2D eigenvalue weighted by Gasteiger charge is 2.12.